The molecule has 0 aliphatic heterocycles. The minimum Gasteiger partial charge on any atom is -0.489 e. The molecule has 200 valence electrons. The van der Waals surface area contributed by atoms with E-state index >= 15 is 0 Å². The predicted molar refractivity (Wildman–Crippen MR) is 144 cm³/mol. The Morgan fingerprint density at radius 1 is 0.800 bits per heavy atom. The first-order valence-corrected chi connectivity index (χ1v) is 12.1. The summed E-state index contributed by atoms with van der Waals surface area (Å²) in [4.78, 5) is 22.1. The zero-order valence-corrected chi connectivity index (χ0v) is 20.9. The fourth-order valence-electron chi connectivity index (χ4n) is 3.83. The lowest BCUT2D eigenvalue weighted by molar-refractivity contribution is -0.384. The van der Waals surface area contributed by atoms with Gasteiger partial charge >= 0.3 is 5.97 Å². The average Bonchev–Trinajstić information content (AvgIpc) is 3.47. The molecule has 5 rings (SSSR count). The van der Waals surface area contributed by atoms with Crippen LogP contribution >= 0.6 is 0 Å². The predicted octanol–water partition coefficient (Wildman–Crippen LogP) is 6.90. The third-order valence-electron chi connectivity index (χ3n) is 5.78. The largest absolute Gasteiger partial charge is 0.489 e. The van der Waals surface area contributed by atoms with Crippen molar-refractivity contribution in [2.75, 3.05) is 0 Å². The van der Waals surface area contributed by atoms with Crippen molar-refractivity contribution in [3.8, 4) is 34.3 Å². The summed E-state index contributed by atoms with van der Waals surface area (Å²) in [6.45, 7) is 0.457. The van der Waals surface area contributed by atoms with Gasteiger partial charge in [0, 0.05) is 30.3 Å². The second-order valence-corrected chi connectivity index (χ2v) is 8.58. The van der Waals surface area contributed by atoms with E-state index in [9.17, 15) is 20.0 Å². The lowest BCUT2D eigenvalue weighted by Crippen LogP contribution is -2.01. The van der Waals surface area contributed by atoms with Gasteiger partial charge in [-0.15, -0.1) is 0 Å². The monoisotopic (exact) mass is 538 g/mol. The quantitative estimate of drug-likeness (QED) is 0.141. The molecule has 0 saturated heterocycles. The number of carboxylic acids is 1. The summed E-state index contributed by atoms with van der Waals surface area (Å²) in [5.74, 6) is -0.428. The van der Waals surface area contributed by atoms with E-state index in [1.165, 1.54) is 30.3 Å². The lowest BCUT2D eigenvalue weighted by atomic mass is 10.1. The summed E-state index contributed by atoms with van der Waals surface area (Å²) in [6, 6.07) is 29.1. The Labute approximate surface area is 228 Å². The fraction of sp³-hybridized carbons (Fsp3) is 0.0667. The highest BCUT2D eigenvalue weighted by atomic mass is 16.6. The minimum atomic E-state index is -1.29. The molecule has 0 saturated carbocycles. The molecule has 0 fully saturated rings. The number of aromatic nitrogens is 1. The van der Waals surface area contributed by atoms with Crippen LogP contribution in [0.4, 0.5) is 5.69 Å². The molecule has 1 aromatic heterocycles. The van der Waals surface area contributed by atoms with Gasteiger partial charge in [-0.1, -0.05) is 65.8 Å². The molecule has 0 aliphatic rings. The number of aromatic carboxylic acids is 1. The molecule has 1 heterocycles. The van der Waals surface area contributed by atoms with Gasteiger partial charge < -0.3 is 23.8 Å². The molecule has 0 bridgehead atoms. The number of rotatable bonds is 11. The van der Waals surface area contributed by atoms with Crippen molar-refractivity contribution in [3.63, 3.8) is 0 Å². The normalized spacial score (nSPS) is 10.6. The first-order valence-electron chi connectivity index (χ1n) is 12.1. The van der Waals surface area contributed by atoms with E-state index in [1.54, 1.807) is 12.1 Å². The standard InChI is InChI=1S/C30H22N2O8/c33-30(34)28-17-25(31-40-28)29-26(38-19-21-9-5-2-6-10-21)15-24(37-18-20-7-3-1-4-8-20)16-27(29)39-23-13-11-22(12-14-23)32(35)36/h1-17H,18-19H2,(H,33,34). The molecule has 0 unspecified atom stereocenters. The van der Waals surface area contributed by atoms with Crippen molar-refractivity contribution in [3.05, 3.63) is 130 Å². The molecule has 4 aromatic carbocycles. The third kappa shape index (κ3) is 6.25. The summed E-state index contributed by atoms with van der Waals surface area (Å²) in [5.41, 5.74) is 2.22. The molecule has 0 atom stereocenters. The van der Waals surface area contributed by atoms with Gasteiger partial charge in [-0.05, 0) is 23.3 Å². The first kappa shape index (κ1) is 26.0. The van der Waals surface area contributed by atoms with Crippen LogP contribution in [-0.2, 0) is 13.2 Å². The second kappa shape index (κ2) is 11.8. The highest BCUT2D eigenvalue weighted by Crippen LogP contribution is 2.44. The number of hydrogen-bond acceptors (Lipinski definition) is 8. The highest BCUT2D eigenvalue weighted by molar-refractivity contribution is 5.87. The molecule has 0 radical (unpaired) electrons. The van der Waals surface area contributed by atoms with Crippen molar-refractivity contribution in [1.29, 1.82) is 0 Å². The zero-order valence-electron chi connectivity index (χ0n) is 20.9. The van der Waals surface area contributed by atoms with E-state index in [2.05, 4.69) is 5.16 Å². The van der Waals surface area contributed by atoms with Crippen LogP contribution in [0.3, 0.4) is 0 Å². The topological polar surface area (TPSA) is 134 Å². The van der Waals surface area contributed by atoms with E-state index in [-0.39, 0.29) is 36.1 Å². The zero-order chi connectivity index (χ0) is 27.9. The van der Waals surface area contributed by atoms with Crippen molar-refractivity contribution >= 4 is 11.7 Å². The van der Waals surface area contributed by atoms with Crippen LogP contribution < -0.4 is 14.2 Å². The molecule has 1 N–H and O–H groups in total. The van der Waals surface area contributed by atoms with E-state index < -0.39 is 10.9 Å². The molecule has 10 heteroatoms. The maximum absolute atomic E-state index is 11.5. The van der Waals surface area contributed by atoms with Gasteiger partial charge in [0.2, 0.25) is 5.76 Å². The smallest absolute Gasteiger partial charge is 0.374 e. The lowest BCUT2D eigenvalue weighted by Gasteiger charge is -2.17. The van der Waals surface area contributed by atoms with Crippen LogP contribution in [0.25, 0.3) is 11.3 Å². The van der Waals surface area contributed by atoms with Crippen LogP contribution in [0.15, 0.2) is 108 Å². The molecule has 0 aliphatic carbocycles. The maximum atomic E-state index is 11.5. The number of hydrogen-bond donors (Lipinski definition) is 1. The molecular formula is C30H22N2O8. The number of nitro groups is 1. The number of carboxylic acid groups (broad SMARTS) is 1. The van der Waals surface area contributed by atoms with Crippen molar-refractivity contribution in [2.45, 2.75) is 13.2 Å². The van der Waals surface area contributed by atoms with Gasteiger partial charge in [-0.2, -0.15) is 0 Å². The molecule has 10 nitrogen and oxygen atoms in total. The third-order valence-corrected chi connectivity index (χ3v) is 5.78. The van der Waals surface area contributed by atoms with Crippen LogP contribution in [-0.4, -0.2) is 21.2 Å². The highest BCUT2D eigenvalue weighted by Gasteiger charge is 2.23. The van der Waals surface area contributed by atoms with Crippen molar-refractivity contribution in [1.82, 2.24) is 5.16 Å². The first-order chi connectivity index (χ1) is 19.5. The fourth-order valence-corrected chi connectivity index (χ4v) is 3.83. The van der Waals surface area contributed by atoms with Crippen LogP contribution in [0.1, 0.15) is 21.7 Å². The van der Waals surface area contributed by atoms with E-state index in [4.69, 9.17) is 18.7 Å². The van der Waals surface area contributed by atoms with Crippen LogP contribution in [0.5, 0.6) is 23.0 Å². The van der Waals surface area contributed by atoms with Gasteiger partial charge in [-0.3, -0.25) is 10.1 Å². The van der Waals surface area contributed by atoms with E-state index in [1.807, 2.05) is 60.7 Å². The average molecular weight is 539 g/mol. The van der Waals surface area contributed by atoms with E-state index in [0.29, 0.717) is 22.8 Å². The number of nitrogens with zero attached hydrogens (tertiary/aromatic N) is 2. The second-order valence-electron chi connectivity index (χ2n) is 8.58. The number of nitro benzene ring substituents is 1. The van der Waals surface area contributed by atoms with Gasteiger partial charge in [0.05, 0.1) is 10.5 Å². The van der Waals surface area contributed by atoms with Gasteiger partial charge in [0.1, 0.15) is 41.9 Å². The molecule has 5 aromatic rings. The van der Waals surface area contributed by atoms with Gasteiger partial charge in [0.25, 0.3) is 5.69 Å². The van der Waals surface area contributed by atoms with Crippen molar-refractivity contribution < 1.29 is 33.6 Å². The summed E-state index contributed by atoms with van der Waals surface area (Å²) >= 11 is 0. The molecule has 0 spiro atoms. The van der Waals surface area contributed by atoms with E-state index in [0.717, 1.165) is 11.1 Å². The Kier molecular flexibility index (Phi) is 7.68. The minimum absolute atomic E-state index is 0.0954. The Morgan fingerprint density at radius 2 is 1.40 bits per heavy atom. The Balaban J connectivity index is 1.58. The Morgan fingerprint density at radius 3 is 1.98 bits per heavy atom. The summed E-state index contributed by atoms with van der Waals surface area (Å²) < 4.78 is 23.4. The summed E-state index contributed by atoms with van der Waals surface area (Å²) in [7, 11) is 0. The van der Waals surface area contributed by atoms with Crippen LogP contribution in [0.2, 0.25) is 0 Å². The number of ether oxygens (including phenoxy) is 3. The Hall–Kier alpha value is -5.64. The van der Waals surface area contributed by atoms with Crippen molar-refractivity contribution in [2.24, 2.45) is 0 Å². The van der Waals surface area contributed by atoms with Crippen LogP contribution in [0, 0.1) is 10.1 Å². The van der Waals surface area contributed by atoms with Gasteiger partial charge in [-0.25, -0.2) is 4.79 Å². The van der Waals surface area contributed by atoms with Gasteiger partial charge in [0.15, 0.2) is 0 Å². The number of non-ortho nitro benzene ring substituents is 1. The SMILES string of the molecule is O=C(O)c1cc(-c2c(OCc3ccccc3)cc(OCc3ccccc3)cc2Oc2ccc([N+](=O)[O-])cc2)no1. The maximum Gasteiger partial charge on any atom is 0.374 e. The summed E-state index contributed by atoms with van der Waals surface area (Å²) in [5, 5.41) is 24.4. The molecule has 40 heavy (non-hydrogen) atoms. The molecular weight excluding hydrogens is 516 g/mol. The summed E-state index contributed by atoms with van der Waals surface area (Å²) in [6.07, 6.45) is 0. The number of carbonyl (C=O) groups is 1. The molecule has 0 amide bonds. The number of benzene rings is 4. The Bertz CT molecular complexity index is 1620.